The molecule has 0 unspecified atom stereocenters. The van der Waals surface area contributed by atoms with Crippen LogP contribution in [0.1, 0.15) is 16.7 Å². The second kappa shape index (κ2) is 7.14. The molecule has 0 aromatic heterocycles. The van der Waals surface area contributed by atoms with Gasteiger partial charge in [0.15, 0.2) is 6.61 Å². The van der Waals surface area contributed by atoms with Crippen LogP contribution in [0, 0.1) is 25.2 Å². The van der Waals surface area contributed by atoms with Gasteiger partial charge in [-0.2, -0.15) is 5.26 Å². The summed E-state index contributed by atoms with van der Waals surface area (Å²) in [6.45, 7) is 4.86. The molecule has 4 heteroatoms. The highest BCUT2D eigenvalue weighted by Gasteiger charge is 2.07. The van der Waals surface area contributed by atoms with Gasteiger partial charge in [-0.25, -0.2) is 0 Å². The number of ether oxygens (including phenoxy) is 1. The van der Waals surface area contributed by atoms with E-state index >= 15 is 0 Å². The van der Waals surface area contributed by atoms with Gasteiger partial charge in [0, 0.05) is 16.6 Å². The lowest BCUT2D eigenvalue weighted by Crippen LogP contribution is -2.05. The summed E-state index contributed by atoms with van der Waals surface area (Å²) in [6, 6.07) is 14.0. The number of nitrogens with one attached hydrogen (secondary N) is 1. The number of hydrogen-bond acceptors (Lipinski definition) is 3. The summed E-state index contributed by atoms with van der Waals surface area (Å²) in [5.41, 5.74) is 4.52. The Kier molecular flexibility index (Phi) is 5.24. The summed E-state index contributed by atoms with van der Waals surface area (Å²) in [5, 5.41) is 12.1. The number of aryl methyl sites for hydroxylation is 2. The number of para-hydroxylation sites is 1. The Morgan fingerprint density at radius 3 is 2.71 bits per heavy atom. The van der Waals surface area contributed by atoms with Crippen molar-refractivity contribution in [3.63, 3.8) is 0 Å². The minimum absolute atomic E-state index is 0.0598. The van der Waals surface area contributed by atoms with E-state index in [1.165, 1.54) is 11.1 Å². The van der Waals surface area contributed by atoms with Crippen LogP contribution in [0.4, 0.5) is 5.69 Å². The van der Waals surface area contributed by atoms with Gasteiger partial charge in [-0.15, -0.1) is 0 Å². The molecule has 0 saturated carbocycles. The van der Waals surface area contributed by atoms with Crippen LogP contribution < -0.4 is 10.1 Å². The second-order valence-electron chi connectivity index (χ2n) is 4.85. The van der Waals surface area contributed by atoms with Crippen LogP contribution in [-0.4, -0.2) is 6.61 Å². The van der Waals surface area contributed by atoms with E-state index in [0.29, 0.717) is 6.54 Å². The van der Waals surface area contributed by atoms with Crippen LogP contribution >= 0.6 is 15.9 Å². The molecule has 1 N–H and O–H groups in total. The molecule has 0 aliphatic heterocycles. The predicted octanol–water partition coefficient (Wildman–Crippen LogP) is 4.58. The smallest absolute Gasteiger partial charge is 0.174 e. The van der Waals surface area contributed by atoms with Gasteiger partial charge in [0.2, 0.25) is 0 Å². The first-order chi connectivity index (χ1) is 10.1. The highest BCUT2D eigenvalue weighted by Crippen LogP contribution is 2.29. The lowest BCUT2D eigenvalue weighted by Gasteiger charge is -2.15. The highest BCUT2D eigenvalue weighted by molar-refractivity contribution is 9.10. The number of hydrogen-bond donors (Lipinski definition) is 1. The van der Waals surface area contributed by atoms with Crippen molar-refractivity contribution in [1.29, 1.82) is 5.26 Å². The normalized spacial score (nSPS) is 10.0. The third-order valence-electron chi connectivity index (χ3n) is 3.15. The minimum atomic E-state index is 0.0598. The zero-order valence-corrected chi connectivity index (χ0v) is 13.7. The molecule has 0 heterocycles. The van der Waals surface area contributed by atoms with Gasteiger partial charge in [0.25, 0.3) is 0 Å². The standard InChI is InChI=1S/C17H17BrN2O/c1-12-9-13(2)17(15(18)10-12)20-11-14-5-3-4-6-16(14)21-8-7-19/h3-6,9-10,20H,8,11H2,1-2H3. The van der Waals surface area contributed by atoms with Crippen LogP contribution in [0.25, 0.3) is 0 Å². The fourth-order valence-corrected chi connectivity index (χ4v) is 3.04. The van der Waals surface area contributed by atoms with Gasteiger partial charge in [-0.05, 0) is 53.0 Å². The van der Waals surface area contributed by atoms with Crippen molar-refractivity contribution in [1.82, 2.24) is 0 Å². The molecule has 0 amide bonds. The molecule has 0 aliphatic rings. The molecule has 3 nitrogen and oxygen atoms in total. The number of anilines is 1. The SMILES string of the molecule is Cc1cc(C)c(NCc2ccccc2OCC#N)c(Br)c1. The zero-order chi connectivity index (χ0) is 15.2. The molecule has 0 saturated heterocycles. The average Bonchev–Trinajstić information content (AvgIpc) is 2.45. The molecule has 0 atom stereocenters. The van der Waals surface area contributed by atoms with Gasteiger partial charge < -0.3 is 10.1 Å². The van der Waals surface area contributed by atoms with Crippen LogP contribution in [0.15, 0.2) is 40.9 Å². The van der Waals surface area contributed by atoms with E-state index in [2.05, 4.69) is 47.2 Å². The first-order valence-electron chi connectivity index (χ1n) is 6.70. The van der Waals surface area contributed by atoms with Crippen LogP contribution in [-0.2, 0) is 6.54 Å². The monoisotopic (exact) mass is 344 g/mol. The lowest BCUT2D eigenvalue weighted by atomic mass is 10.1. The van der Waals surface area contributed by atoms with Gasteiger partial charge in [-0.3, -0.25) is 0 Å². The minimum Gasteiger partial charge on any atom is -0.478 e. The summed E-state index contributed by atoms with van der Waals surface area (Å²) in [5.74, 6) is 0.743. The summed E-state index contributed by atoms with van der Waals surface area (Å²) < 4.78 is 6.49. The van der Waals surface area contributed by atoms with Crippen LogP contribution in [0.5, 0.6) is 5.75 Å². The van der Waals surface area contributed by atoms with Gasteiger partial charge in [0.05, 0.1) is 5.69 Å². The topological polar surface area (TPSA) is 45.0 Å². The molecule has 108 valence electrons. The van der Waals surface area contributed by atoms with E-state index in [-0.39, 0.29) is 6.61 Å². The zero-order valence-electron chi connectivity index (χ0n) is 12.1. The first-order valence-corrected chi connectivity index (χ1v) is 7.49. The Labute approximate surface area is 133 Å². The third-order valence-corrected chi connectivity index (χ3v) is 3.78. The number of halogens is 1. The van der Waals surface area contributed by atoms with Crippen LogP contribution in [0.2, 0.25) is 0 Å². The fraction of sp³-hybridized carbons (Fsp3) is 0.235. The Morgan fingerprint density at radius 1 is 1.24 bits per heavy atom. The van der Waals surface area contributed by atoms with E-state index in [0.717, 1.165) is 21.5 Å². The van der Waals surface area contributed by atoms with Crippen molar-refractivity contribution in [3.8, 4) is 11.8 Å². The average molecular weight is 345 g/mol. The maximum absolute atomic E-state index is 8.63. The number of rotatable bonds is 5. The quantitative estimate of drug-likeness (QED) is 0.863. The second-order valence-corrected chi connectivity index (χ2v) is 5.70. The Morgan fingerprint density at radius 2 is 2.00 bits per heavy atom. The summed E-state index contributed by atoms with van der Waals surface area (Å²) >= 11 is 3.60. The van der Waals surface area contributed by atoms with E-state index in [1.807, 2.05) is 30.3 Å². The number of benzene rings is 2. The molecule has 2 rings (SSSR count). The Hall–Kier alpha value is -1.99. The van der Waals surface area contributed by atoms with Crippen molar-refractivity contribution >= 4 is 21.6 Å². The van der Waals surface area contributed by atoms with Crippen molar-refractivity contribution < 1.29 is 4.74 Å². The molecular formula is C17H17BrN2O. The summed E-state index contributed by atoms with van der Waals surface area (Å²) in [4.78, 5) is 0. The summed E-state index contributed by atoms with van der Waals surface area (Å²) in [7, 11) is 0. The van der Waals surface area contributed by atoms with Crippen molar-refractivity contribution in [2.75, 3.05) is 11.9 Å². The molecule has 0 fully saturated rings. The van der Waals surface area contributed by atoms with E-state index < -0.39 is 0 Å². The number of nitrogens with zero attached hydrogens (tertiary/aromatic N) is 1. The highest BCUT2D eigenvalue weighted by atomic mass is 79.9. The molecule has 0 aliphatic carbocycles. The van der Waals surface area contributed by atoms with Gasteiger partial charge >= 0.3 is 0 Å². The van der Waals surface area contributed by atoms with E-state index in [1.54, 1.807) is 0 Å². The largest absolute Gasteiger partial charge is 0.478 e. The molecule has 0 radical (unpaired) electrons. The maximum atomic E-state index is 8.63. The lowest BCUT2D eigenvalue weighted by molar-refractivity contribution is 0.364. The van der Waals surface area contributed by atoms with Crippen LogP contribution in [0.3, 0.4) is 0 Å². The van der Waals surface area contributed by atoms with Gasteiger partial charge in [-0.1, -0.05) is 24.3 Å². The predicted molar refractivity (Wildman–Crippen MR) is 88.5 cm³/mol. The third kappa shape index (κ3) is 3.99. The molecular weight excluding hydrogens is 328 g/mol. The van der Waals surface area contributed by atoms with Gasteiger partial charge in [0.1, 0.15) is 11.8 Å². The summed E-state index contributed by atoms with van der Waals surface area (Å²) in [6.07, 6.45) is 0. The fourth-order valence-electron chi connectivity index (χ4n) is 2.22. The number of nitriles is 1. The van der Waals surface area contributed by atoms with Crippen molar-refractivity contribution in [3.05, 3.63) is 57.6 Å². The molecule has 0 bridgehead atoms. The Balaban J connectivity index is 2.16. The Bertz CT molecular complexity index is 654. The molecule has 2 aromatic carbocycles. The first kappa shape index (κ1) is 15.4. The van der Waals surface area contributed by atoms with E-state index in [4.69, 9.17) is 10.00 Å². The maximum Gasteiger partial charge on any atom is 0.174 e. The molecule has 0 spiro atoms. The van der Waals surface area contributed by atoms with Crippen molar-refractivity contribution in [2.45, 2.75) is 20.4 Å². The molecule has 21 heavy (non-hydrogen) atoms. The van der Waals surface area contributed by atoms with E-state index in [9.17, 15) is 0 Å². The molecule has 2 aromatic rings. The van der Waals surface area contributed by atoms with Crippen molar-refractivity contribution in [2.24, 2.45) is 0 Å².